The highest BCUT2D eigenvalue weighted by atomic mass is 16.5. The highest BCUT2D eigenvalue weighted by Crippen LogP contribution is 2.30. The van der Waals surface area contributed by atoms with E-state index in [1.807, 2.05) is 55.5 Å². The molecule has 0 spiro atoms. The van der Waals surface area contributed by atoms with Crippen LogP contribution in [0.4, 0.5) is 0 Å². The minimum absolute atomic E-state index is 0.0662. The predicted molar refractivity (Wildman–Crippen MR) is 96.4 cm³/mol. The van der Waals surface area contributed by atoms with Crippen LogP contribution < -0.4 is 20.5 Å². The standard InChI is InChI=1S/C20H24N2O3/c1-14(19(21)16-6-3-2-4-7-16)20(23)22-13-15-8-9-17-18(12-15)25-11-5-10-24-17/h2-4,6-9,12,14,19H,5,10-11,13,21H2,1H3,(H,22,23). The molecule has 1 aliphatic rings. The molecule has 1 amide bonds. The zero-order valence-corrected chi connectivity index (χ0v) is 14.4. The minimum atomic E-state index is -0.329. The summed E-state index contributed by atoms with van der Waals surface area (Å²) in [5, 5.41) is 2.96. The topological polar surface area (TPSA) is 73.6 Å². The van der Waals surface area contributed by atoms with E-state index in [1.54, 1.807) is 0 Å². The van der Waals surface area contributed by atoms with Gasteiger partial charge in [-0.2, -0.15) is 0 Å². The number of amides is 1. The van der Waals surface area contributed by atoms with E-state index in [0.29, 0.717) is 19.8 Å². The Morgan fingerprint density at radius 2 is 1.84 bits per heavy atom. The molecule has 3 rings (SSSR count). The second-order valence-electron chi connectivity index (χ2n) is 6.27. The number of nitrogens with two attached hydrogens (primary N) is 1. The Morgan fingerprint density at radius 1 is 1.12 bits per heavy atom. The fourth-order valence-electron chi connectivity index (χ4n) is 2.79. The fourth-order valence-corrected chi connectivity index (χ4v) is 2.79. The van der Waals surface area contributed by atoms with Crippen LogP contribution in [0.3, 0.4) is 0 Å². The smallest absolute Gasteiger partial charge is 0.225 e. The summed E-state index contributed by atoms with van der Waals surface area (Å²) < 4.78 is 11.3. The second-order valence-corrected chi connectivity index (χ2v) is 6.27. The van der Waals surface area contributed by atoms with Gasteiger partial charge in [0.15, 0.2) is 11.5 Å². The van der Waals surface area contributed by atoms with Crippen LogP contribution in [0.25, 0.3) is 0 Å². The first-order valence-electron chi connectivity index (χ1n) is 8.62. The van der Waals surface area contributed by atoms with Gasteiger partial charge in [-0.15, -0.1) is 0 Å². The van der Waals surface area contributed by atoms with Crippen LogP contribution in [0, 0.1) is 5.92 Å². The lowest BCUT2D eigenvalue weighted by Crippen LogP contribution is -2.35. The Kier molecular flexibility index (Phi) is 5.56. The fraction of sp³-hybridized carbons (Fsp3) is 0.350. The maximum absolute atomic E-state index is 12.4. The molecule has 132 valence electrons. The van der Waals surface area contributed by atoms with E-state index in [2.05, 4.69) is 5.32 Å². The lowest BCUT2D eigenvalue weighted by Gasteiger charge is -2.20. The number of benzene rings is 2. The van der Waals surface area contributed by atoms with Crippen LogP contribution in [-0.2, 0) is 11.3 Å². The van der Waals surface area contributed by atoms with Gasteiger partial charge in [-0.3, -0.25) is 4.79 Å². The molecule has 0 saturated carbocycles. The Morgan fingerprint density at radius 3 is 2.60 bits per heavy atom. The third kappa shape index (κ3) is 4.31. The van der Waals surface area contributed by atoms with Crippen LogP contribution in [0.5, 0.6) is 11.5 Å². The Labute approximate surface area is 148 Å². The molecule has 5 heteroatoms. The number of carbonyl (C=O) groups is 1. The molecule has 0 aromatic heterocycles. The molecule has 0 radical (unpaired) electrons. The third-order valence-corrected chi connectivity index (χ3v) is 4.42. The van der Waals surface area contributed by atoms with Crippen molar-refractivity contribution in [3.05, 3.63) is 59.7 Å². The van der Waals surface area contributed by atoms with E-state index in [4.69, 9.17) is 15.2 Å². The molecule has 2 aromatic rings. The van der Waals surface area contributed by atoms with Crippen molar-refractivity contribution < 1.29 is 14.3 Å². The number of hydrogen-bond acceptors (Lipinski definition) is 4. The molecule has 3 N–H and O–H groups in total. The molecular formula is C20H24N2O3. The summed E-state index contributed by atoms with van der Waals surface area (Å²) in [5.74, 6) is 1.11. The molecule has 2 aromatic carbocycles. The summed E-state index contributed by atoms with van der Waals surface area (Å²) in [6.45, 7) is 3.59. The molecule has 5 nitrogen and oxygen atoms in total. The normalized spacial score (nSPS) is 15.8. The summed E-state index contributed by atoms with van der Waals surface area (Å²) >= 11 is 0. The molecule has 0 aliphatic carbocycles. The van der Waals surface area contributed by atoms with E-state index in [0.717, 1.165) is 29.0 Å². The first kappa shape index (κ1) is 17.3. The average Bonchev–Trinajstić information content (AvgIpc) is 2.90. The van der Waals surface area contributed by atoms with Crippen LogP contribution >= 0.6 is 0 Å². The molecule has 0 fully saturated rings. The molecule has 0 saturated heterocycles. The monoisotopic (exact) mass is 340 g/mol. The number of ether oxygens (including phenoxy) is 2. The third-order valence-electron chi connectivity index (χ3n) is 4.42. The van der Waals surface area contributed by atoms with Crippen molar-refractivity contribution in [2.24, 2.45) is 11.7 Å². The number of nitrogens with one attached hydrogen (secondary N) is 1. The van der Waals surface area contributed by atoms with Crippen molar-refractivity contribution in [3.63, 3.8) is 0 Å². The van der Waals surface area contributed by atoms with Gasteiger partial charge in [0.25, 0.3) is 0 Å². The SMILES string of the molecule is CC(C(=O)NCc1ccc2c(c1)OCCCO2)C(N)c1ccccc1. The predicted octanol–water partition coefficient (Wildman–Crippen LogP) is 2.80. The Bertz CT molecular complexity index is 718. The zero-order chi connectivity index (χ0) is 17.6. The first-order valence-corrected chi connectivity index (χ1v) is 8.62. The molecule has 1 aliphatic heterocycles. The highest BCUT2D eigenvalue weighted by Gasteiger charge is 2.22. The zero-order valence-electron chi connectivity index (χ0n) is 14.4. The highest BCUT2D eigenvalue weighted by molar-refractivity contribution is 5.79. The second kappa shape index (κ2) is 8.03. The van der Waals surface area contributed by atoms with E-state index in [-0.39, 0.29) is 17.9 Å². The molecule has 2 atom stereocenters. The van der Waals surface area contributed by atoms with Crippen LogP contribution in [0.1, 0.15) is 30.5 Å². The van der Waals surface area contributed by atoms with Gasteiger partial charge in [-0.1, -0.05) is 43.3 Å². The van der Waals surface area contributed by atoms with Gasteiger partial charge in [-0.05, 0) is 23.3 Å². The summed E-state index contributed by atoms with van der Waals surface area (Å²) in [6, 6.07) is 15.1. The van der Waals surface area contributed by atoms with Crippen molar-refractivity contribution in [2.75, 3.05) is 13.2 Å². The van der Waals surface area contributed by atoms with Gasteiger partial charge in [0.1, 0.15) is 0 Å². The van der Waals surface area contributed by atoms with Crippen molar-refractivity contribution in [1.29, 1.82) is 0 Å². The number of hydrogen-bond donors (Lipinski definition) is 2. The summed E-state index contributed by atoms with van der Waals surface area (Å²) in [4.78, 5) is 12.4. The number of carbonyl (C=O) groups excluding carboxylic acids is 1. The maximum atomic E-state index is 12.4. The quantitative estimate of drug-likeness (QED) is 0.878. The Balaban J connectivity index is 1.59. The maximum Gasteiger partial charge on any atom is 0.225 e. The molecule has 0 bridgehead atoms. The first-order chi connectivity index (χ1) is 12.1. The number of rotatable bonds is 5. The minimum Gasteiger partial charge on any atom is -0.490 e. The van der Waals surface area contributed by atoms with Gasteiger partial charge in [0, 0.05) is 19.0 Å². The van der Waals surface area contributed by atoms with Crippen LogP contribution in [0.2, 0.25) is 0 Å². The summed E-state index contributed by atoms with van der Waals surface area (Å²) in [7, 11) is 0. The van der Waals surface area contributed by atoms with Crippen molar-refractivity contribution in [1.82, 2.24) is 5.32 Å². The van der Waals surface area contributed by atoms with E-state index >= 15 is 0 Å². The molecule has 25 heavy (non-hydrogen) atoms. The van der Waals surface area contributed by atoms with E-state index in [1.165, 1.54) is 0 Å². The van der Waals surface area contributed by atoms with Crippen LogP contribution in [0.15, 0.2) is 48.5 Å². The number of fused-ring (bicyclic) bond motifs is 1. The van der Waals surface area contributed by atoms with Crippen LogP contribution in [-0.4, -0.2) is 19.1 Å². The summed E-state index contributed by atoms with van der Waals surface area (Å²) in [5.41, 5.74) is 8.15. The molecule has 2 unspecified atom stereocenters. The largest absolute Gasteiger partial charge is 0.490 e. The van der Waals surface area contributed by atoms with Crippen molar-refractivity contribution >= 4 is 5.91 Å². The van der Waals surface area contributed by atoms with Gasteiger partial charge < -0.3 is 20.5 Å². The van der Waals surface area contributed by atoms with Crippen molar-refractivity contribution in [3.8, 4) is 11.5 Å². The van der Waals surface area contributed by atoms with Gasteiger partial charge in [0.2, 0.25) is 5.91 Å². The lowest BCUT2D eigenvalue weighted by atomic mass is 9.94. The average molecular weight is 340 g/mol. The van der Waals surface area contributed by atoms with E-state index < -0.39 is 0 Å². The molecule has 1 heterocycles. The summed E-state index contributed by atoms with van der Waals surface area (Å²) in [6.07, 6.45) is 0.871. The Hall–Kier alpha value is -2.53. The van der Waals surface area contributed by atoms with Crippen molar-refractivity contribution in [2.45, 2.75) is 25.9 Å². The lowest BCUT2D eigenvalue weighted by molar-refractivity contribution is -0.125. The van der Waals surface area contributed by atoms with Gasteiger partial charge >= 0.3 is 0 Å². The molecular weight excluding hydrogens is 316 g/mol. The van der Waals surface area contributed by atoms with E-state index in [9.17, 15) is 4.79 Å². The van der Waals surface area contributed by atoms with Gasteiger partial charge in [0.05, 0.1) is 19.1 Å². The van der Waals surface area contributed by atoms with Gasteiger partial charge in [-0.25, -0.2) is 0 Å².